The molecule has 0 atom stereocenters. The molecule has 1 fully saturated rings. The normalized spacial score (nSPS) is 16.2. The molecule has 144 valence electrons. The summed E-state index contributed by atoms with van der Waals surface area (Å²) in [6.45, 7) is 5.67. The minimum atomic E-state index is -0.0952. The summed E-state index contributed by atoms with van der Waals surface area (Å²) < 4.78 is 0. The maximum Gasteiger partial charge on any atom is 0.255 e. The topological polar surface area (TPSA) is 75.4 Å². The summed E-state index contributed by atoms with van der Waals surface area (Å²) in [6.07, 6.45) is 5.95. The third-order valence-electron chi connectivity index (χ3n) is 5.42. The number of nitrogens with one attached hydrogen (secondary N) is 1. The van der Waals surface area contributed by atoms with Crippen molar-refractivity contribution in [3.05, 3.63) is 28.8 Å². The lowest BCUT2D eigenvalue weighted by atomic mass is 9.71. The van der Waals surface area contributed by atoms with E-state index in [1.54, 1.807) is 23.1 Å². The van der Waals surface area contributed by atoms with Crippen LogP contribution in [0.3, 0.4) is 0 Å². The molecule has 1 saturated carbocycles. The Balaban J connectivity index is 2.04. The average molecular weight is 380 g/mol. The van der Waals surface area contributed by atoms with Gasteiger partial charge in [-0.1, -0.05) is 30.9 Å². The fourth-order valence-corrected chi connectivity index (χ4v) is 4.01. The molecule has 0 unspecified atom stereocenters. The molecule has 26 heavy (non-hydrogen) atoms. The highest BCUT2D eigenvalue weighted by atomic mass is 35.5. The van der Waals surface area contributed by atoms with Crippen LogP contribution < -0.4 is 11.1 Å². The maximum absolute atomic E-state index is 12.5. The first-order valence-electron chi connectivity index (χ1n) is 9.53. The van der Waals surface area contributed by atoms with Crippen molar-refractivity contribution >= 4 is 29.1 Å². The minimum Gasteiger partial charge on any atom is -0.339 e. The zero-order valence-corrected chi connectivity index (χ0v) is 16.6. The number of rotatable bonds is 7. The van der Waals surface area contributed by atoms with E-state index in [4.69, 9.17) is 17.3 Å². The van der Waals surface area contributed by atoms with Crippen LogP contribution in [0.4, 0.5) is 5.69 Å². The molecule has 5 nitrogen and oxygen atoms in total. The Bertz CT molecular complexity index is 638. The predicted octanol–water partition coefficient (Wildman–Crippen LogP) is 4.06. The molecule has 3 N–H and O–H groups in total. The van der Waals surface area contributed by atoms with Gasteiger partial charge in [-0.3, -0.25) is 9.59 Å². The lowest BCUT2D eigenvalue weighted by Gasteiger charge is -2.35. The maximum atomic E-state index is 12.5. The van der Waals surface area contributed by atoms with Gasteiger partial charge < -0.3 is 16.0 Å². The van der Waals surface area contributed by atoms with E-state index < -0.39 is 0 Å². The fourth-order valence-electron chi connectivity index (χ4n) is 3.75. The van der Waals surface area contributed by atoms with Crippen molar-refractivity contribution in [2.45, 2.75) is 52.4 Å². The Morgan fingerprint density at radius 3 is 2.38 bits per heavy atom. The number of anilines is 1. The van der Waals surface area contributed by atoms with Gasteiger partial charge in [-0.25, -0.2) is 0 Å². The van der Waals surface area contributed by atoms with Crippen LogP contribution in [0.5, 0.6) is 0 Å². The van der Waals surface area contributed by atoms with Crippen LogP contribution in [0, 0.1) is 5.41 Å². The van der Waals surface area contributed by atoms with Crippen LogP contribution in [0.2, 0.25) is 5.02 Å². The SMILES string of the molecule is CCN(CC)C(=O)c1ccc(NC(=O)CC2(CN)CCCCC2)cc1Cl. The van der Waals surface area contributed by atoms with E-state index in [1.807, 2.05) is 13.8 Å². The Morgan fingerprint density at radius 2 is 1.85 bits per heavy atom. The Morgan fingerprint density at radius 1 is 1.19 bits per heavy atom. The highest BCUT2D eigenvalue weighted by molar-refractivity contribution is 6.34. The molecule has 0 heterocycles. The van der Waals surface area contributed by atoms with E-state index >= 15 is 0 Å². The molecule has 6 heteroatoms. The quantitative estimate of drug-likeness (QED) is 0.750. The van der Waals surface area contributed by atoms with Crippen molar-refractivity contribution in [2.24, 2.45) is 11.1 Å². The van der Waals surface area contributed by atoms with E-state index in [1.165, 1.54) is 6.42 Å². The van der Waals surface area contributed by atoms with Crippen LogP contribution in [0.1, 0.15) is 62.7 Å². The van der Waals surface area contributed by atoms with Crippen LogP contribution in [0.15, 0.2) is 18.2 Å². The molecule has 2 rings (SSSR count). The minimum absolute atomic E-state index is 0.0452. The molecule has 1 aromatic carbocycles. The second-order valence-electron chi connectivity index (χ2n) is 7.16. The molecular formula is C20H30ClN3O2. The van der Waals surface area contributed by atoms with E-state index in [0.29, 0.717) is 42.3 Å². The fraction of sp³-hybridized carbons (Fsp3) is 0.600. The molecule has 1 aliphatic carbocycles. The Hall–Kier alpha value is -1.59. The van der Waals surface area contributed by atoms with E-state index in [0.717, 1.165) is 25.7 Å². The van der Waals surface area contributed by atoms with E-state index in [9.17, 15) is 9.59 Å². The van der Waals surface area contributed by atoms with Crippen LogP contribution in [0.25, 0.3) is 0 Å². The second-order valence-corrected chi connectivity index (χ2v) is 7.57. The lowest BCUT2D eigenvalue weighted by molar-refractivity contribution is -0.118. The molecule has 0 bridgehead atoms. The standard InChI is InChI=1S/C20H30ClN3O2/c1-3-24(4-2)19(26)16-9-8-15(12-17(16)21)23-18(25)13-20(14-22)10-6-5-7-11-20/h8-9,12H,3-7,10-11,13-14,22H2,1-2H3,(H,23,25). The average Bonchev–Trinajstić information content (AvgIpc) is 2.63. The number of hydrogen-bond donors (Lipinski definition) is 2. The van der Waals surface area contributed by atoms with Gasteiger partial charge in [-0.15, -0.1) is 0 Å². The van der Waals surface area contributed by atoms with Gasteiger partial charge in [0.15, 0.2) is 0 Å². The number of benzene rings is 1. The van der Waals surface area contributed by atoms with Crippen LogP contribution in [-0.2, 0) is 4.79 Å². The summed E-state index contributed by atoms with van der Waals surface area (Å²) in [5.74, 6) is -0.140. The number of nitrogens with two attached hydrogens (primary N) is 1. The first kappa shape index (κ1) is 20.7. The van der Waals surface area contributed by atoms with Crippen molar-refractivity contribution < 1.29 is 9.59 Å². The first-order valence-corrected chi connectivity index (χ1v) is 9.91. The molecule has 1 aliphatic rings. The number of carbonyl (C=O) groups is 2. The summed E-state index contributed by atoms with van der Waals surface area (Å²) in [7, 11) is 0. The Kier molecular flexibility index (Phi) is 7.47. The van der Waals surface area contributed by atoms with Gasteiger partial charge in [-0.2, -0.15) is 0 Å². The Labute approximate surface area is 161 Å². The smallest absolute Gasteiger partial charge is 0.255 e. The lowest BCUT2D eigenvalue weighted by Crippen LogP contribution is -2.36. The molecular weight excluding hydrogens is 350 g/mol. The highest BCUT2D eigenvalue weighted by Crippen LogP contribution is 2.38. The number of nitrogens with zero attached hydrogens (tertiary/aromatic N) is 1. The van der Waals surface area contributed by atoms with Gasteiger partial charge in [-0.05, 0) is 56.8 Å². The molecule has 0 saturated heterocycles. The number of amides is 2. The van der Waals surface area contributed by atoms with Gasteiger partial charge >= 0.3 is 0 Å². The largest absolute Gasteiger partial charge is 0.339 e. The first-order chi connectivity index (χ1) is 12.4. The van der Waals surface area contributed by atoms with Gasteiger partial charge in [0.25, 0.3) is 5.91 Å². The van der Waals surface area contributed by atoms with Gasteiger partial charge in [0.2, 0.25) is 5.91 Å². The monoisotopic (exact) mass is 379 g/mol. The van der Waals surface area contributed by atoms with Crippen molar-refractivity contribution in [3.63, 3.8) is 0 Å². The van der Waals surface area contributed by atoms with Gasteiger partial charge in [0, 0.05) is 25.2 Å². The van der Waals surface area contributed by atoms with Crippen molar-refractivity contribution in [3.8, 4) is 0 Å². The highest BCUT2D eigenvalue weighted by Gasteiger charge is 2.33. The summed E-state index contributed by atoms with van der Waals surface area (Å²) in [6, 6.07) is 5.06. The van der Waals surface area contributed by atoms with Crippen LogP contribution >= 0.6 is 11.6 Å². The van der Waals surface area contributed by atoms with Crippen molar-refractivity contribution in [2.75, 3.05) is 25.0 Å². The zero-order chi connectivity index (χ0) is 19.2. The molecule has 0 spiro atoms. The van der Waals surface area contributed by atoms with Gasteiger partial charge in [0.05, 0.1) is 10.6 Å². The van der Waals surface area contributed by atoms with Crippen LogP contribution in [-0.4, -0.2) is 36.3 Å². The van der Waals surface area contributed by atoms with Gasteiger partial charge in [0.1, 0.15) is 0 Å². The zero-order valence-electron chi connectivity index (χ0n) is 15.8. The summed E-state index contributed by atoms with van der Waals surface area (Å²) in [5.41, 5.74) is 6.96. The van der Waals surface area contributed by atoms with Crippen molar-refractivity contribution in [1.29, 1.82) is 0 Å². The third kappa shape index (κ3) is 4.98. The molecule has 2 amide bonds. The number of halogens is 1. The van der Waals surface area contributed by atoms with Crippen molar-refractivity contribution in [1.82, 2.24) is 4.90 Å². The van der Waals surface area contributed by atoms with E-state index in [2.05, 4.69) is 5.32 Å². The third-order valence-corrected chi connectivity index (χ3v) is 5.73. The van der Waals surface area contributed by atoms with E-state index in [-0.39, 0.29) is 17.2 Å². The predicted molar refractivity (Wildman–Crippen MR) is 107 cm³/mol. The summed E-state index contributed by atoms with van der Waals surface area (Å²) in [4.78, 5) is 26.7. The summed E-state index contributed by atoms with van der Waals surface area (Å²) in [5, 5.41) is 3.26. The number of carbonyl (C=O) groups excluding carboxylic acids is 2. The molecule has 0 radical (unpaired) electrons. The number of hydrogen-bond acceptors (Lipinski definition) is 3. The molecule has 1 aromatic rings. The second kappa shape index (κ2) is 9.38. The summed E-state index contributed by atoms with van der Waals surface area (Å²) >= 11 is 6.29. The molecule has 0 aliphatic heterocycles. The molecule has 0 aromatic heterocycles.